The molecule has 0 radical (unpaired) electrons. The van der Waals surface area contributed by atoms with Crippen molar-refractivity contribution >= 4 is 23.7 Å². The first-order valence-electron chi connectivity index (χ1n) is 4.57. The fourth-order valence-corrected chi connectivity index (χ4v) is 2.25. The molecule has 6 heteroatoms. The molecule has 0 bridgehead atoms. The van der Waals surface area contributed by atoms with Gasteiger partial charge in [-0.1, -0.05) is 0 Å². The van der Waals surface area contributed by atoms with Crippen LogP contribution in [-0.2, 0) is 14.3 Å². The van der Waals surface area contributed by atoms with E-state index in [1.165, 1.54) is 11.8 Å². The Hall–Kier alpha value is -0.750. The molecule has 86 valence electrons. The third kappa shape index (κ3) is 2.63. The van der Waals surface area contributed by atoms with Crippen LogP contribution in [0, 0.1) is 0 Å². The summed E-state index contributed by atoms with van der Waals surface area (Å²) in [6.07, 6.45) is 0. The first kappa shape index (κ1) is 12.3. The quantitative estimate of drug-likeness (QED) is 0.532. The lowest BCUT2D eigenvalue weighted by molar-refractivity contribution is -0.169. The molecule has 1 heterocycles. The van der Waals surface area contributed by atoms with Gasteiger partial charge in [-0.15, -0.1) is 11.8 Å². The first-order chi connectivity index (χ1) is 6.78. The lowest BCUT2D eigenvalue weighted by Crippen LogP contribution is -2.58. The summed E-state index contributed by atoms with van der Waals surface area (Å²) in [6.45, 7) is 5.13. The minimum Gasteiger partial charge on any atom is -0.479 e. The molecule has 0 aromatic heterocycles. The molecule has 1 fully saturated rings. The lowest BCUT2D eigenvalue weighted by Gasteiger charge is -2.27. The Bertz CT molecular complexity index is 278. The molecule has 1 unspecified atom stereocenters. The number of esters is 1. The Labute approximate surface area is 92.6 Å². The van der Waals surface area contributed by atoms with Crippen LogP contribution in [0.25, 0.3) is 0 Å². The van der Waals surface area contributed by atoms with Crippen LogP contribution >= 0.6 is 11.8 Å². The largest absolute Gasteiger partial charge is 0.479 e. The Morgan fingerprint density at radius 3 is 2.40 bits per heavy atom. The van der Waals surface area contributed by atoms with E-state index in [4.69, 9.17) is 9.84 Å². The fraction of sp³-hybridized carbons (Fsp3) is 0.778. The molecular formula is C9H15NO4S. The highest BCUT2D eigenvalue weighted by Gasteiger charge is 2.51. The van der Waals surface area contributed by atoms with Crippen molar-refractivity contribution in [1.29, 1.82) is 0 Å². The minimum atomic E-state index is -1.57. The van der Waals surface area contributed by atoms with Crippen LogP contribution in [0.1, 0.15) is 20.8 Å². The number of hydrogen-bond donors (Lipinski definition) is 2. The van der Waals surface area contributed by atoms with Gasteiger partial charge in [-0.05, 0) is 20.8 Å². The zero-order valence-corrected chi connectivity index (χ0v) is 9.81. The van der Waals surface area contributed by atoms with Crippen LogP contribution in [-0.4, -0.2) is 39.8 Å². The van der Waals surface area contributed by atoms with Crippen molar-refractivity contribution in [2.45, 2.75) is 31.9 Å². The summed E-state index contributed by atoms with van der Waals surface area (Å²) in [6, 6.07) is 0. The van der Waals surface area contributed by atoms with Gasteiger partial charge in [0.05, 0.1) is 0 Å². The molecule has 2 N–H and O–H groups in total. The second-order valence-corrected chi connectivity index (χ2v) is 5.37. The van der Waals surface area contributed by atoms with Crippen LogP contribution in [0.5, 0.6) is 0 Å². The van der Waals surface area contributed by atoms with Crippen LogP contribution in [0.2, 0.25) is 0 Å². The van der Waals surface area contributed by atoms with Crippen LogP contribution < -0.4 is 5.32 Å². The van der Waals surface area contributed by atoms with Crippen molar-refractivity contribution in [3.63, 3.8) is 0 Å². The Balaban J connectivity index is 2.82. The number of carbonyl (C=O) groups is 2. The third-order valence-electron chi connectivity index (χ3n) is 1.91. The highest BCUT2D eigenvalue weighted by Crippen LogP contribution is 2.24. The number of ether oxygens (including phenoxy) is 1. The predicted molar refractivity (Wildman–Crippen MR) is 56.7 cm³/mol. The number of carboxylic acid groups (broad SMARTS) is 1. The van der Waals surface area contributed by atoms with E-state index in [9.17, 15) is 9.59 Å². The molecule has 0 aromatic carbocycles. The van der Waals surface area contributed by atoms with Gasteiger partial charge in [0.15, 0.2) is 0 Å². The molecule has 0 saturated carbocycles. The standard InChI is InChI=1S/C9H15NO4S/c1-8(2,3)14-7(13)9(6(11)12)4-15-5-10-9/h10H,4-5H2,1-3H3,(H,11,12). The van der Waals surface area contributed by atoms with E-state index in [0.717, 1.165) is 0 Å². The summed E-state index contributed by atoms with van der Waals surface area (Å²) in [4.78, 5) is 22.8. The smallest absolute Gasteiger partial charge is 0.339 e. The number of carbonyl (C=O) groups excluding carboxylic acids is 1. The molecule has 1 atom stereocenters. The maximum absolute atomic E-state index is 11.7. The molecular weight excluding hydrogens is 218 g/mol. The van der Waals surface area contributed by atoms with Crippen molar-refractivity contribution in [2.75, 3.05) is 11.6 Å². The van der Waals surface area contributed by atoms with Crippen LogP contribution in [0.3, 0.4) is 0 Å². The van der Waals surface area contributed by atoms with E-state index in [1.807, 2.05) is 0 Å². The van der Waals surface area contributed by atoms with Crippen molar-refractivity contribution in [3.8, 4) is 0 Å². The normalized spacial score (nSPS) is 26.3. The molecule has 0 spiro atoms. The van der Waals surface area contributed by atoms with Crippen molar-refractivity contribution in [3.05, 3.63) is 0 Å². The van der Waals surface area contributed by atoms with Crippen molar-refractivity contribution in [1.82, 2.24) is 5.32 Å². The average molecular weight is 233 g/mol. The van der Waals surface area contributed by atoms with E-state index >= 15 is 0 Å². The number of nitrogens with one attached hydrogen (secondary N) is 1. The first-order valence-corrected chi connectivity index (χ1v) is 5.73. The van der Waals surface area contributed by atoms with Gasteiger partial charge >= 0.3 is 11.9 Å². The molecule has 1 saturated heterocycles. The van der Waals surface area contributed by atoms with Gasteiger partial charge in [0.1, 0.15) is 5.60 Å². The minimum absolute atomic E-state index is 0.206. The van der Waals surface area contributed by atoms with Gasteiger partial charge in [-0.3, -0.25) is 5.32 Å². The average Bonchev–Trinajstić information content (AvgIpc) is 2.48. The monoisotopic (exact) mass is 233 g/mol. The summed E-state index contributed by atoms with van der Waals surface area (Å²) in [5.41, 5.74) is -2.24. The number of rotatable bonds is 2. The van der Waals surface area contributed by atoms with Crippen LogP contribution in [0.15, 0.2) is 0 Å². The molecule has 15 heavy (non-hydrogen) atoms. The molecule has 0 amide bonds. The lowest BCUT2D eigenvalue weighted by atomic mass is 10.0. The van der Waals surface area contributed by atoms with Gasteiger partial charge in [0.25, 0.3) is 0 Å². The maximum Gasteiger partial charge on any atom is 0.339 e. The van der Waals surface area contributed by atoms with E-state index in [2.05, 4.69) is 5.32 Å². The molecule has 0 aromatic rings. The Kier molecular flexibility index (Phi) is 3.30. The second-order valence-electron chi connectivity index (χ2n) is 4.38. The second kappa shape index (κ2) is 4.02. The summed E-state index contributed by atoms with van der Waals surface area (Å²) < 4.78 is 5.09. The number of thioether (sulfide) groups is 1. The van der Waals surface area contributed by atoms with E-state index < -0.39 is 23.1 Å². The van der Waals surface area contributed by atoms with Crippen molar-refractivity contribution in [2.24, 2.45) is 0 Å². The summed E-state index contributed by atoms with van der Waals surface area (Å²) in [7, 11) is 0. The number of hydrogen-bond acceptors (Lipinski definition) is 5. The van der Waals surface area contributed by atoms with Gasteiger partial charge in [0, 0.05) is 11.6 Å². The summed E-state index contributed by atoms with van der Waals surface area (Å²) in [5.74, 6) is -1.24. The molecule has 5 nitrogen and oxygen atoms in total. The van der Waals surface area contributed by atoms with Gasteiger partial charge < -0.3 is 9.84 Å². The highest BCUT2D eigenvalue weighted by molar-refractivity contribution is 7.99. The topological polar surface area (TPSA) is 75.6 Å². The van der Waals surface area contributed by atoms with E-state index in [-0.39, 0.29) is 5.75 Å². The molecule has 1 aliphatic heterocycles. The summed E-state index contributed by atoms with van der Waals surface area (Å²) in [5, 5.41) is 11.7. The van der Waals surface area contributed by atoms with Gasteiger partial charge in [0.2, 0.25) is 5.54 Å². The molecule has 1 rings (SSSR count). The fourth-order valence-electron chi connectivity index (χ4n) is 1.15. The zero-order chi connectivity index (χ0) is 11.7. The predicted octanol–water partition coefficient (Wildman–Crippen LogP) is 0.445. The van der Waals surface area contributed by atoms with Gasteiger partial charge in [-0.2, -0.15) is 0 Å². The highest BCUT2D eigenvalue weighted by atomic mass is 32.2. The third-order valence-corrected chi connectivity index (χ3v) is 2.89. The molecule has 1 aliphatic rings. The number of carboxylic acids is 1. The van der Waals surface area contributed by atoms with Crippen LogP contribution in [0.4, 0.5) is 0 Å². The Morgan fingerprint density at radius 2 is 2.07 bits per heavy atom. The van der Waals surface area contributed by atoms with Gasteiger partial charge in [-0.25, -0.2) is 9.59 Å². The number of aliphatic carboxylic acids is 1. The SMILES string of the molecule is CC(C)(C)OC(=O)C1(C(=O)O)CSCN1. The zero-order valence-electron chi connectivity index (χ0n) is 8.99. The summed E-state index contributed by atoms with van der Waals surface area (Å²) >= 11 is 1.37. The van der Waals surface area contributed by atoms with E-state index in [1.54, 1.807) is 20.8 Å². The van der Waals surface area contributed by atoms with E-state index in [0.29, 0.717) is 5.88 Å². The molecule has 0 aliphatic carbocycles. The maximum atomic E-state index is 11.7. The van der Waals surface area contributed by atoms with Crippen molar-refractivity contribution < 1.29 is 19.4 Å². The Morgan fingerprint density at radius 1 is 1.47 bits per heavy atom.